The van der Waals surface area contributed by atoms with Gasteiger partial charge in [-0.1, -0.05) is 19.1 Å². The maximum Gasteiger partial charge on any atom is 1.00 e. The summed E-state index contributed by atoms with van der Waals surface area (Å²) in [7, 11) is 0. The Morgan fingerprint density at radius 1 is 1.67 bits per heavy atom. The van der Waals surface area contributed by atoms with Crippen molar-refractivity contribution in [2.24, 2.45) is 0 Å². The summed E-state index contributed by atoms with van der Waals surface area (Å²) < 4.78 is 0. The fourth-order valence-electron chi connectivity index (χ4n) is 0. The second kappa shape index (κ2) is 6.38. The van der Waals surface area contributed by atoms with Crippen molar-refractivity contribution in [2.75, 3.05) is 0 Å². The van der Waals surface area contributed by atoms with Crippen LogP contribution < -0.4 is 51.4 Å². The average molecular weight is 108 g/mol. The predicted molar refractivity (Wildman–Crippen MR) is 24.8 cm³/mol. The molecule has 0 aliphatic carbocycles. The van der Waals surface area contributed by atoms with Gasteiger partial charge in [-0.2, -0.15) is 0 Å². The minimum Gasteiger partial charge on any atom is -0.0998 e. The maximum atomic E-state index is 3.62. The average Bonchev–Trinajstić information content (AvgIpc) is 1.38. The molecule has 0 aliphatic rings. The molecule has 1 radical (unpaired) electrons. The van der Waals surface area contributed by atoms with E-state index in [-0.39, 0.29) is 51.4 Å². The first-order valence-electron chi connectivity index (χ1n) is 1.72. The van der Waals surface area contributed by atoms with Crippen LogP contribution in [0.1, 0.15) is 13.8 Å². The van der Waals surface area contributed by atoms with Gasteiger partial charge in [0.15, 0.2) is 0 Å². The number of rotatable bonds is 1. The number of hydrogen-bond acceptors (Lipinski definition) is 0. The molecule has 0 saturated heterocycles. The topological polar surface area (TPSA) is 0 Å². The summed E-state index contributed by atoms with van der Waals surface area (Å²) in [6.07, 6.45) is 1.97. The summed E-state index contributed by atoms with van der Waals surface area (Å²) in [5, 5.41) is 0. The Balaban J connectivity index is 0. The number of allylic oxidation sites excluding steroid dienone is 1. The summed E-state index contributed by atoms with van der Waals surface area (Å²) >= 11 is 0. The second-order valence-electron chi connectivity index (χ2n) is 1.14. The van der Waals surface area contributed by atoms with Gasteiger partial charge in [-0.15, -0.1) is 0 Å². The molecular formula is C5H9K+. The molecule has 0 N–H and O–H groups in total. The second-order valence-corrected chi connectivity index (χ2v) is 1.14. The van der Waals surface area contributed by atoms with Gasteiger partial charge in [-0.05, 0) is 13.3 Å². The maximum absolute atomic E-state index is 3.62. The normalized spacial score (nSPS) is 6.33. The van der Waals surface area contributed by atoms with E-state index in [1.807, 2.05) is 20.3 Å². The molecule has 0 nitrogen and oxygen atoms in total. The van der Waals surface area contributed by atoms with E-state index in [0.717, 1.165) is 5.57 Å². The molecule has 0 aromatic carbocycles. The molecule has 0 saturated carbocycles. The van der Waals surface area contributed by atoms with Crippen molar-refractivity contribution in [3.05, 3.63) is 18.6 Å². The van der Waals surface area contributed by atoms with Gasteiger partial charge in [0.2, 0.25) is 0 Å². The van der Waals surface area contributed by atoms with Crippen LogP contribution in [0.5, 0.6) is 0 Å². The molecule has 1 heteroatoms. The summed E-state index contributed by atoms with van der Waals surface area (Å²) in [5.74, 6) is 0. The van der Waals surface area contributed by atoms with Gasteiger partial charge in [0.25, 0.3) is 0 Å². The third kappa shape index (κ3) is 9.03. The van der Waals surface area contributed by atoms with Crippen LogP contribution in [0.4, 0.5) is 0 Å². The zero-order valence-corrected chi connectivity index (χ0v) is 7.91. The molecular weight excluding hydrogens is 99.2 g/mol. The smallest absolute Gasteiger partial charge is 0.0998 e. The molecule has 0 unspecified atom stereocenters. The van der Waals surface area contributed by atoms with Gasteiger partial charge in [0, 0.05) is 0 Å². The van der Waals surface area contributed by atoms with Crippen LogP contribution in [0.3, 0.4) is 0 Å². The SMILES string of the molecule is C=C(C)[CH]C.[K+]. The predicted octanol–water partition coefficient (Wildman–Crippen LogP) is -1.21. The van der Waals surface area contributed by atoms with E-state index in [9.17, 15) is 0 Å². The molecule has 29 valence electrons. The largest absolute Gasteiger partial charge is 1.00 e. The summed E-state index contributed by atoms with van der Waals surface area (Å²) in [5.41, 5.74) is 1.13. The van der Waals surface area contributed by atoms with Crippen LogP contribution in [0.25, 0.3) is 0 Å². The first-order chi connectivity index (χ1) is 2.27. The van der Waals surface area contributed by atoms with Gasteiger partial charge in [-0.3, -0.25) is 0 Å². The van der Waals surface area contributed by atoms with Gasteiger partial charge >= 0.3 is 51.4 Å². The first-order valence-corrected chi connectivity index (χ1v) is 1.72. The Morgan fingerprint density at radius 2 is 1.83 bits per heavy atom. The molecule has 0 bridgehead atoms. The van der Waals surface area contributed by atoms with Gasteiger partial charge in [0.1, 0.15) is 0 Å². The van der Waals surface area contributed by atoms with Crippen molar-refractivity contribution in [3.8, 4) is 0 Å². The standard InChI is InChI=1S/C5H9.K/c1-4-5(2)3;/h4H,2H2,1,3H3;/q;+1. The Hall–Kier alpha value is 1.38. The Labute approximate surface area is 82.4 Å². The van der Waals surface area contributed by atoms with Crippen molar-refractivity contribution in [1.29, 1.82) is 0 Å². The molecule has 0 atom stereocenters. The minimum absolute atomic E-state index is 0. The van der Waals surface area contributed by atoms with Crippen LogP contribution in [0, 0.1) is 6.42 Å². The van der Waals surface area contributed by atoms with Gasteiger partial charge in [0.05, 0.1) is 0 Å². The fraction of sp³-hybridized carbons (Fsp3) is 0.400. The first kappa shape index (κ1) is 10.4. The third-order valence-electron chi connectivity index (χ3n) is 0.493. The van der Waals surface area contributed by atoms with Gasteiger partial charge < -0.3 is 0 Å². The zero-order chi connectivity index (χ0) is 4.28. The quantitative estimate of drug-likeness (QED) is 0.370. The summed E-state index contributed by atoms with van der Waals surface area (Å²) in [6.45, 7) is 7.56. The summed E-state index contributed by atoms with van der Waals surface area (Å²) in [4.78, 5) is 0. The molecule has 0 fully saturated rings. The minimum atomic E-state index is 0. The fourth-order valence-corrected chi connectivity index (χ4v) is 0. The van der Waals surface area contributed by atoms with Crippen LogP contribution in [-0.2, 0) is 0 Å². The van der Waals surface area contributed by atoms with Crippen LogP contribution >= 0.6 is 0 Å². The summed E-state index contributed by atoms with van der Waals surface area (Å²) in [6, 6.07) is 0. The van der Waals surface area contributed by atoms with E-state index in [2.05, 4.69) is 6.58 Å². The van der Waals surface area contributed by atoms with E-state index in [4.69, 9.17) is 0 Å². The molecule has 0 aromatic heterocycles. The molecule has 0 rings (SSSR count). The van der Waals surface area contributed by atoms with E-state index in [1.165, 1.54) is 0 Å². The zero-order valence-electron chi connectivity index (χ0n) is 4.78. The van der Waals surface area contributed by atoms with Crippen LogP contribution in [-0.4, -0.2) is 0 Å². The van der Waals surface area contributed by atoms with Crippen molar-refractivity contribution < 1.29 is 51.4 Å². The van der Waals surface area contributed by atoms with Crippen LogP contribution in [0.2, 0.25) is 0 Å². The Kier molecular flexibility index (Phi) is 11.0. The molecule has 0 spiro atoms. The third-order valence-corrected chi connectivity index (χ3v) is 0.493. The van der Waals surface area contributed by atoms with E-state index in [0.29, 0.717) is 0 Å². The molecule has 6 heavy (non-hydrogen) atoms. The Morgan fingerprint density at radius 3 is 1.83 bits per heavy atom. The monoisotopic (exact) mass is 108 g/mol. The van der Waals surface area contributed by atoms with Crippen LogP contribution in [0.15, 0.2) is 12.2 Å². The van der Waals surface area contributed by atoms with E-state index >= 15 is 0 Å². The van der Waals surface area contributed by atoms with Crippen molar-refractivity contribution in [1.82, 2.24) is 0 Å². The Bertz CT molecular complexity index is 39.2. The van der Waals surface area contributed by atoms with Crippen molar-refractivity contribution in [3.63, 3.8) is 0 Å². The molecule has 0 aliphatic heterocycles. The molecule has 0 aromatic rings. The van der Waals surface area contributed by atoms with Gasteiger partial charge in [-0.25, -0.2) is 0 Å². The number of hydrogen-bond donors (Lipinski definition) is 0. The van der Waals surface area contributed by atoms with Crippen molar-refractivity contribution in [2.45, 2.75) is 13.8 Å². The van der Waals surface area contributed by atoms with E-state index in [1.54, 1.807) is 0 Å². The molecule has 0 heterocycles. The van der Waals surface area contributed by atoms with Crippen molar-refractivity contribution >= 4 is 0 Å². The molecule has 0 amide bonds. The van der Waals surface area contributed by atoms with E-state index < -0.39 is 0 Å².